The van der Waals surface area contributed by atoms with Crippen LogP contribution in [0.5, 0.6) is 5.75 Å². The Morgan fingerprint density at radius 2 is 2.28 bits per heavy atom. The van der Waals surface area contributed by atoms with Crippen LogP contribution in [0.15, 0.2) is 35.0 Å². The van der Waals surface area contributed by atoms with Crippen LogP contribution >= 0.6 is 11.3 Å². The fourth-order valence-corrected chi connectivity index (χ4v) is 2.26. The zero-order valence-electron chi connectivity index (χ0n) is 9.97. The van der Waals surface area contributed by atoms with Gasteiger partial charge in [0.1, 0.15) is 5.75 Å². The number of hydrogen-bond acceptors (Lipinski definition) is 4. The Bertz CT molecular complexity index is 538. The van der Waals surface area contributed by atoms with Crippen LogP contribution in [0.25, 0.3) is 0 Å². The van der Waals surface area contributed by atoms with Crippen LogP contribution in [-0.4, -0.2) is 13.0 Å². The minimum absolute atomic E-state index is 0.448. The van der Waals surface area contributed by atoms with Crippen molar-refractivity contribution < 1.29 is 9.53 Å². The van der Waals surface area contributed by atoms with E-state index in [1.165, 1.54) is 5.56 Å². The summed E-state index contributed by atoms with van der Waals surface area (Å²) in [4.78, 5) is 11.1. The molecular weight excluding hydrogens is 248 g/mol. The van der Waals surface area contributed by atoms with E-state index in [1.54, 1.807) is 36.6 Å². The minimum Gasteiger partial charge on any atom is -0.495 e. The Hall–Kier alpha value is -2.01. The lowest BCUT2D eigenvalue weighted by atomic mass is 10.1. The van der Waals surface area contributed by atoms with E-state index in [-0.39, 0.29) is 0 Å². The van der Waals surface area contributed by atoms with Gasteiger partial charge < -0.3 is 15.8 Å². The molecule has 0 unspecified atom stereocenters. The highest BCUT2D eigenvalue weighted by atomic mass is 32.1. The second-order valence-electron chi connectivity index (χ2n) is 3.76. The minimum atomic E-state index is -0.448. The molecule has 1 aromatic carbocycles. The van der Waals surface area contributed by atoms with E-state index in [2.05, 4.69) is 10.7 Å². The first-order chi connectivity index (χ1) is 8.70. The third-order valence-electron chi connectivity index (χ3n) is 2.55. The van der Waals surface area contributed by atoms with Crippen molar-refractivity contribution in [2.75, 3.05) is 12.4 Å². The molecule has 2 aromatic rings. The van der Waals surface area contributed by atoms with Crippen molar-refractivity contribution >= 4 is 22.9 Å². The normalized spacial score (nSPS) is 10.1. The Labute approximate surface area is 109 Å². The molecule has 3 N–H and O–H groups in total. The van der Waals surface area contributed by atoms with Crippen LogP contribution in [0.1, 0.15) is 15.9 Å². The van der Waals surface area contributed by atoms with Gasteiger partial charge in [-0.25, -0.2) is 0 Å². The smallest absolute Gasteiger partial charge is 0.248 e. The molecule has 0 bridgehead atoms. The lowest BCUT2D eigenvalue weighted by molar-refractivity contribution is 0.100. The Kier molecular flexibility index (Phi) is 3.84. The molecular formula is C13H14N2O2S. The van der Waals surface area contributed by atoms with Gasteiger partial charge in [0.15, 0.2) is 0 Å². The van der Waals surface area contributed by atoms with Crippen LogP contribution in [0.4, 0.5) is 5.69 Å². The number of ether oxygens (including phenoxy) is 1. The van der Waals surface area contributed by atoms with Crippen LogP contribution in [0.2, 0.25) is 0 Å². The number of thiophene rings is 1. The summed E-state index contributed by atoms with van der Waals surface area (Å²) in [6.45, 7) is 0.683. The molecule has 1 aromatic heterocycles. The van der Waals surface area contributed by atoms with E-state index in [0.29, 0.717) is 17.9 Å². The molecule has 0 aliphatic heterocycles. The van der Waals surface area contributed by atoms with Crippen molar-refractivity contribution in [3.63, 3.8) is 0 Å². The van der Waals surface area contributed by atoms with Gasteiger partial charge in [-0.05, 0) is 40.6 Å². The third kappa shape index (κ3) is 2.81. The van der Waals surface area contributed by atoms with Crippen LogP contribution < -0.4 is 15.8 Å². The zero-order valence-corrected chi connectivity index (χ0v) is 10.8. The molecule has 4 nitrogen and oxygen atoms in total. The fourth-order valence-electron chi connectivity index (χ4n) is 1.59. The highest BCUT2D eigenvalue weighted by Crippen LogP contribution is 2.26. The van der Waals surface area contributed by atoms with Gasteiger partial charge in [-0.3, -0.25) is 4.79 Å². The van der Waals surface area contributed by atoms with Gasteiger partial charge in [0.25, 0.3) is 0 Å². The maximum Gasteiger partial charge on any atom is 0.248 e. The van der Waals surface area contributed by atoms with E-state index < -0.39 is 5.91 Å². The average molecular weight is 262 g/mol. The zero-order chi connectivity index (χ0) is 13.0. The predicted molar refractivity (Wildman–Crippen MR) is 73.2 cm³/mol. The molecule has 1 amide bonds. The Morgan fingerprint density at radius 1 is 1.44 bits per heavy atom. The number of carbonyl (C=O) groups is 1. The quantitative estimate of drug-likeness (QED) is 0.870. The standard InChI is InChI=1S/C13H14N2O2S/c1-17-12-3-2-10(13(14)16)6-11(12)15-7-9-4-5-18-8-9/h2-6,8,15H,7H2,1H3,(H2,14,16). The number of hydrogen-bond donors (Lipinski definition) is 2. The van der Waals surface area contributed by atoms with Crippen molar-refractivity contribution in [2.24, 2.45) is 5.73 Å². The molecule has 0 atom stereocenters. The maximum atomic E-state index is 11.1. The van der Waals surface area contributed by atoms with Gasteiger partial charge in [-0.15, -0.1) is 0 Å². The Morgan fingerprint density at radius 3 is 2.89 bits per heavy atom. The highest BCUT2D eigenvalue weighted by Gasteiger charge is 2.07. The molecule has 2 rings (SSSR count). The van der Waals surface area contributed by atoms with Crippen molar-refractivity contribution in [1.29, 1.82) is 0 Å². The SMILES string of the molecule is COc1ccc(C(N)=O)cc1NCc1ccsc1. The summed E-state index contributed by atoms with van der Waals surface area (Å²) in [7, 11) is 1.59. The lowest BCUT2D eigenvalue weighted by Crippen LogP contribution is -2.11. The number of primary amides is 1. The summed E-state index contributed by atoms with van der Waals surface area (Å²) in [5.74, 6) is 0.242. The van der Waals surface area contributed by atoms with Gasteiger partial charge >= 0.3 is 0 Å². The summed E-state index contributed by atoms with van der Waals surface area (Å²) in [6, 6.07) is 7.13. The maximum absolute atomic E-state index is 11.1. The molecule has 0 spiro atoms. The number of anilines is 1. The predicted octanol–water partition coefficient (Wildman–Crippen LogP) is 2.47. The van der Waals surface area contributed by atoms with E-state index in [4.69, 9.17) is 10.5 Å². The highest BCUT2D eigenvalue weighted by molar-refractivity contribution is 7.07. The van der Waals surface area contributed by atoms with E-state index in [0.717, 1.165) is 5.69 Å². The van der Waals surface area contributed by atoms with Crippen LogP contribution in [0.3, 0.4) is 0 Å². The first-order valence-corrected chi connectivity index (χ1v) is 6.38. The van der Waals surface area contributed by atoms with Crippen molar-refractivity contribution in [2.45, 2.75) is 6.54 Å². The monoisotopic (exact) mass is 262 g/mol. The lowest BCUT2D eigenvalue weighted by Gasteiger charge is -2.11. The van der Waals surface area contributed by atoms with Crippen molar-refractivity contribution in [3.8, 4) is 5.75 Å². The number of benzene rings is 1. The van der Waals surface area contributed by atoms with Crippen molar-refractivity contribution in [3.05, 3.63) is 46.2 Å². The summed E-state index contributed by atoms with van der Waals surface area (Å²) >= 11 is 1.65. The first-order valence-electron chi connectivity index (χ1n) is 5.43. The molecule has 0 radical (unpaired) electrons. The van der Waals surface area contributed by atoms with Crippen LogP contribution in [0, 0.1) is 0 Å². The van der Waals surface area contributed by atoms with E-state index in [9.17, 15) is 4.79 Å². The van der Waals surface area contributed by atoms with Crippen molar-refractivity contribution in [1.82, 2.24) is 0 Å². The van der Waals surface area contributed by atoms with Gasteiger partial charge in [-0.2, -0.15) is 11.3 Å². The average Bonchev–Trinajstić information content (AvgIpc) is 2.89. The summed E-state index contributed by atoms with van der Waals surface area (Å²) in [5.41, 5.74) is 7.67. The molecule has 5 heteroatoms. The number of amides is 1. The summed E-state index contributed by atoms with van der Waals surface area (Å²) < 4.78 is 5.24. The van der Waals surface area contributed by atoms with E-state index in [1.807, 2.05) is 11.4 Å². The fraction of sp³-hybridized carbons (Fsp3) is 0.154. The molecule has 0 aliphatic rings. The number of nitrogens with one attached hydrogen (secondary N) is 1. The van der Waals surface area contributed by atoms with Crippen LogP contribution in [-0.2, 0) is 6.54 Å². The van der Waals surface area contributed by atoms with Gasteiger partial charge in [0.05, 0.1) is 12.8 Å². The van der Waals surface area contributed by atoms with E-state index >= 15 is 0 Å². The molecule has 94 valence electrons. The topological polar surface area (TPSA) is 64.3 Å². The number of nitrogens with two attached hydrogens (primary N) is 1. The number of rotatable bonds is 5. The molecule has 1 heterocycles. The van der Waals surface area contributed by atoms with Gasteiger partial charge in [-0.1, -0.05) is 0 Å². The molecule has 18 heavy (non-hydrogen) atoms. The van der Waals surface area contributed by atoms with Gasteiger partial charge in [0, 0.05) is 12.1 Å². The first kappa shape index (κ1) is 12.4. The third-order valence-corrected chi connectivity index (χ3v) is 3.28. The second-order valence-corrected chi connectivity index (χ2v) is 4.54. The molecule has 0 aliphatic carbocycles. The van der Waals surface area contributed by atoms with Gasteiger partial charge in [0.2, 0.25) is 5.91 Å². The number of methoxy groups -OCH3 is 1. The molecule has 0 saturated heterocycles. The largest absolute Gasteiger partial charge is 0.495 e. The number of carbonyl (C=O) groups excluding carboxylic acids is 1. The molecule has 0 fully saturated rings. The summed E-state index contributed by atoms with van der Waals surface area (Å²) in [5, 5.41) is 7.32. The summed E-state index contributed by atoms with van der Waals surface area (Å²) in [6.07, 6.45) is 0. The second kappa shape index (κ2) is 5.55. The Balaban J connectivity index is 2.18. The molecule has 0 saturated carbocycles.